The number of hydrogen-bond acceptors (Lipinski definition) is 3. The van der Waals surface area contributed by atoms with Crippen LogP contribution in [0.1, 0.15) is 43.9 Å². The number of hydrogen-bond donors (Lipinski definition) is 1. The van der Waals surface area contributed by atoms with Crippen molar-refractivity contribution in [1.29, 1.82) is 0 Å². The van der Waals surface area contributed by atoms with Crippen molar-refractivity contribution >= 4 is 23.6 Å². The molecule has 0 radical (unpaired) electrons. The highest BCUT2D eigenvalue weighted by Crippen LogP contribution is 2.18. The Bertz CT molecular complexity index is 792. The van der Waals surface area contributed by atoms with Gasteiger partial charge in [0.25, 0.3) is 0 Å². The molecule has 0 heterocycles. The second kappa shape index (κ2) is 11.7. The summed E-state index contributed by atoms with van der Waals surface area (Å²) in [4.78, 5) is 27.7. The minimum absolute atomic E-state index is 0.0000553. The zero-order valence-electron chi connectivity index (χ0n) is 17.9. The first kappa shape index (κ1) is 23.0. The fourth-order valence-electron chi connectivity index (χ4n) is 3.18. The van der Waals surface area contributed by atoms with Crippen LogP contribution in [0, 0.1) is 6.92 Å². The lowest BCUT2D eigenvalue weighted by molar-refractivity contribution is -0.139. The summed E-state index contributed by atoms with van der Waals surface area (Å²) in [7, 11) is 0. The van der Waals surface area contributed by atoms with E-state index in [1.807, 2.05) is 70.2 Å². The molecule has 0 aliphatic carbocycles. The highest BCUT2D eigenvalue weighted by atomic mass is 32.2. The van der Waals surface area contributed by atoms with Gasteiger partial charge >= 0.3 is 0 Å². The van der Waals surface area contributed by atoms with E-state index in [0.717, 1.165) is 16.9 Å². The molecular formula is C24H32N2O2S. The van der Waals surface area contributed by atoms with E-state index in [-0.39, 0.29) is 17.9 Å². The molecule has 1 N–H and O–H groups in total. The number of amides is 2. The average Bonchev–Trinajstić information content (AvgIpc) is 2.69. The van der Waals surface area contributed by atoms with E-state index in [1.54, 1.807) is 16.7 Å². The second-order valence-corrected chi connectivity index (χ2v) is 8.50. The molecule has 2 aromatic carbocycles. The molecule has 2 rings (SSSR count). The SMILES string of the molecule is CC[C@@H](C(=O)NC(C)C)N(Cc1ccccc1C)C(=O)CSCc1ccccc1. The molecule has 0 aliphatic rings. The van der Waals surface area contributed by atoms with E-state index in [0.29, 0.717) is 18.7 Å². The topological polar surface area (TPSA) is 49.4 Å². The van der Waals surface area contributed by atoms with Crippen molar-refractivity contribution in [3.05, 3.63) is 71.3 Å². The molecule has 1 atom stereocenters. The van der Waals surface area contributed by atoms with Gasteiger partial charge in [0.15, 0.2) is 0 Å². The quantitative estimate of drug-likeness (QED) is 0.622. The van der Waals surface area contributed by atoms with Crippen LogP contribution in [0.4, 0.5) is 0 Å². The number of nitrogens with zero attached hydrogens (tertiary/aromatic N) is 1. The van der Waals surface area contributed by atoms with Gasteiger partial charge < -0.3 is 10.2 Å². The summed E-state index contributed by atoms with van der Waals surface area (Å²) in [5.41, 5.74) is 3.39. The van der Waals surface area contributed by atoms with Crippen molar-refractivity contribution in [3.8, 4) is 0 Å². The highest BCUT2D eigenvalue weighted by molar-refractivity contribution is 7.99. The van der Waals surface area contributed by atoms with Gasteiger partial charge in [-0.25, -0.2) is 0 Å². The number of thioether (sulfide) groups is 1. The molecule has 4 nitrogen and oxygen atoms in total. The van der Waals surface area contributed by atoms with Gasteiger partial charge in [0, 0.05) is 18.3 Å². The Balaban J connectivity index is 2.14. The molecule has 0 fully saturated rings. The monoisotopic (exact) mass is 412 g/mol. The predicted octanol–water partition coefficient (Wildman–Crippen LogP) is 4.56. The van der Waals surface area contributed by atoms with E-state index in [2.05, 4.69) is 17.4 Å². The minimum atomic E-state index is -0.471. The molecule has 2 amide bonds. The molecular weight excluding hydrogens is 380 g/mol. The van der Waals surface area contributed by atoms with E-state index in [1.165, 1.54) is 5.56 Å². The first-order valence-corrected chi connectivity index (χ1v) is 11.3. The van der Waals surface area contributed by atoms with Crippen LogP contribution in [-0.4, -0.2) is 34.6 Å². The van der Waals surface area contributed by atoms with Crippen LogP contribution < -0.4 is 5.32 Å². The fraction of sp³-hybridized carbons (Fsp3) is 0.417. The summed E-state index contributed by atoms with van der Waals surface area (Å²) in [6.07, 6.45) is 0.583. The van der Waals surface area contributed by atoms with Crippen molar-refractivity contribution in [2.75, 3.05) is 5.75 Å². The lowest BCUT2D eigenvalue weighted by atomic mass is 10.1. The van der Waals surface area contributed by atoms with E-state index < -0.39 is 6.04 Å². The maximum atomic E-state index is 13.2. The second-order valence-electron chi connectivity index (χ2n) is 7.51. The third kappa shape index (κ3) is 7.24. The molecule has 0 unspecified atom stereocenters. The van der Waals surface area contributed by atoms with Crippen LogP contribution in [0.2, 0.25) is 0 Å². The summed E-state index contributed by atoms with van der Waals surface area (Å²) < 4.78 is 0. The van der Waals surface area contributed by atoms with Crippen molar-refractivity contribution in [3.63, 3.8) is 0 Å². The maximum Gasteiger partial charge on any atom is 0.243 e. The summed E-state index contributed by atoms with van der Waals surface area (Å²) >= 11 is 1.59. The standard InChI is InChI=1S/C24H32N2O2S/c1-5-22(24(28)25-18(2)3)26(15-21-14-10-9-11-19(21)4)23(27)17-29-16-20-12-7-6-8-13-20/h6-14,18,22H,5,15-17H2,1-4H3,(H,25,28)/t22-/m0/s1. The van der Waals surface area contributed by atoms with Crippen LogP contribution in [0.5, 0.6) is 0 Å². The Morgan fingerprint density at radius 1 is 1.03 bits per heavy atom. The number of carbonyl (C=O) groups excluding carboxylic acids is 2. The van der Waals surface area contributed by atoms with Crippen LogP contribution in [0.25, 0.3) is 0 Å². The van der Waals surface area contributed by atoms with Crippen molar-refractivity contribution in [1.82, 2.24) is 10.2 Å². The number of rotatable bonds is 10. The van der Waals surface area contributed by atoms with Crippen molar-refractivity contribution in [2.45, 2.75) is 58.5 Å². The number of carbonyl (C=O) groups is 2. The van der Waals surface area contributed by atoms with E-state index >= 15 is 0 Å². The van der Waals surface area contributed by atoms with Crippen LogP contribution in [0.15, 0.2) is 54.6 Å². The van der Waals surface area contributed by atoms with Gasteiger partial charge in [-0.05, 0) is 43.9 Å². The molecule has 29 heavy (non-hydrogen) atoms. The zero-order chi connectivity index (χ0) is 21.2. The molecule has 0 bridgehead atoms. The third-order valence-corrected chi connectivity index (χ3v) is 5.74. The Hall–Kier alpha value is -2.27. The van der Waals surface area contributed by atoms with Gasteiger partial charge in [0.05, 0.1) is 5.75 Å². The zero-order valence-corrected chi connectivity index (χ0v) is 18.7. The van der Waals surface area contributed by atoms with Crippen LogP contribution in [0.3, 0.4) is 0 Å². The Morgan fingerprint density at radius 2 is 1.69 bits per heavy atom. The van der Waals surface area contributed by atoms with Gasteiger partial charge in [-0.2, -0.15) is 0 Å². The molecule has 0 saturated carbocycles. The minimum Gasteiger partial charge on any atom is -0.352 e. The molecule has 0 aliphatic heterocycles. The van der Waals surface area contributed by atoms with Gasteiger partial charge in [0.1, 0.15) is 6.04 Å². The normalized spacial score (nSPS) is 11.9. The molecule has 2 aromatic rings. The molecule has 5 heteroatoms. The summed E-state index contributed by atoms with van der Waals surface area (Å²) in [6, 6.07) is 17.7. The number of benzene rings is 2. The van der Waals surface area contributed by atoms with Gasteiger partial charge in [0.2, 0.25) is 11.8 Å². The van der Waals surface area contributed by atoms with Crippen molar-refractivity contribution < 1.29 is 9.59 Å². The first-order valence-electron chi connectivity index (χ1n) is 10.2. The van der Waals surface area contributed by atoms with Gasteiger partial charge in [-0.1, -0.05) is 61.5 Å². The Labute approximate surface area is 179 Å². The van der Waals surface area contributed by atoms with E-state index in [4.69, 9.17) is 0 Å². The Kier molecular flexibility index (Phi) is 9.26. The fourth-order valence-corrected chi connectivity index (χ4v) is 4.06. The summed E-state index contributed by atoms with van der Waals surface area (Å²) in [5, 5.41) is 2.97. The Morgan fingerprint density at radius 3 is 2.31 bits per heavy atom. The lowest BCUT2D eigenvalue weighted by Gasteiger charge is -2.31. The number of nitrogens with one attached hydrogen (secondary N) is 1. The molecule has 0 aromatic heterocycles. The van der Waals surface area contributed by atoms with E-state index in [9.17, 15) is 9.59 Å². The average molecular weight is 413 g/mol. The molecule has 0 saturated heterocycles. The van der Waals surface area contributed by atoms with Crippen LogP contribution in [-0.2, 0) is 21.9 Å². The largest absolute Gasteiger partial charge is 0.352 e. The predicted molar refractivity (Wildman–Crippen MR) is 122 cm³/mol. The highest BCUT2D eigenvalue weighted by Gasteiger charge is 2.29. The van der Waals surface area contributed by atoms with Crippen LogP contribution >= 0.6 is 11.8 Å². The summed E-state index contributed by atoms with van der Waals surface area (Å²) in [6.45, 7) is 8.32. The smallest absolute Gasteiger partial charge is 0.243 e. The molecule has 156 valence electrons. The first-order chi connectivity index (χ1) is 13.9. The number of aryl methyl sites for hydroxylation is 1. The molecule has 0 spiro atoms. The third-order valence-electron chi connectivity index (χ3n) is 4.76. The lowest BCUT2D eigenvalue weighted by Crippen LogP contribution is -2.51. The van der Waals surface area contributed by atoms with Gasteiger partial charge in [-0.15, -0.1) is 11.8 Å². The van der Waals surface area contributed by atoms with Gasteiger partial charge in [-0.3, -0.25) is 9.59 Å². The van der Waals surface area contributed by atoms with Crippen molar-refractivity contribution in [2.24, 2.45) is 0 Å². The summed E-state index contributed by atoms with van der Waals surface area (Å²) in [5.74, 6) is 1.05. The maximum absolute atomic E-state index is 13.2.